The molecule has 0 radical (unpaired) electrons. The van der Waals surface area contributed by atoms with Gasteiger partial charge in [0.25, 0.3) is 0 Å². The summed E-state index contributed by atoms with van der Waals surface area (Å²) in [6.45, 7) is 6.44. The van der Waals surface area contributed by atoms with Gasteiger partial charge < -0.3 is 10.2 Å². The molecule has 1 unspecified atom stereocenters. The number of fused-ring (bicyclic) bond motifs is 1. The highest BCUT2D eigenvalue weighted by molar-refractivity contribution is 7.91. The third-order valence-corrected chi connectivity index (χ3v) is 10.2. The molecule has 1 atom stereocenters. The summed E-state index contributed by atoms with van der Waals surface area (Å²) in [4.78, 5) is 16.1. The molecule has 2 heterocycles. The fourth-order valence-corrected chi connectivity index (χ4v) is 7.42. The number of anilines is 1. The maximum atomic E-state index is 13.0. The van der Waals surface area contributed by atoms with E-state index in [2.05, 4.69) is 36.0 Å². The van der Waals surface area contributed by atoms with Crippen molar-refractivity contribution in [2.24, 2.45) is 17.8 Å². The van der Waals surface area contributed by atoms with E-state index < -0.39 is 21.9 Å². The van der Waals surface area contributed by atoms with Crippen LogP contribution in [0.25, 0.3) is 0 Å². The average molecular weight is 567 g/mol. The molecule has 1 N–H and O–H groups in total. The number of halogens is 3. The summed E-state index contributed by atoms with van der Waals surface area (Å²) in [7, 11) is -3.28. The molecule has 2 aromatic rings. The predicted molar refractivity (Wildman–Crippen MR) is 143 cm³/mol. The van der Waals surface area contributed by atoms with Crippen LogP contribution in [-0.4, -0.2) is 31.2 Å². The van der Waals surface area contributed by atoms with Gasteiger partial charge >= 0.3 is 6.18 Å². The monoisotopic (exact) mass is 566 g/mol. The Morgan fingerprint density at radius 1 is 1.16 bits per heavy atom. The van der Waals surface area contributed by atoms with Crippen molar-refractivity contribution >= 4 is 32.1 Å². The number of nitrogens with one attached hydrogen (secondary N) is 1. The van der Waals surface area contributed by atoms with E-state index in [9.17, 15) is 26.4 Å². The molecule has 0 bridgehead atoms. The Bertz CT molecular complexity index is 1310. The van der Waals surface area contributed by atoms with Crippen molar-refractivity contribution in [3.05, 3.63) is 46.3 Å². The van der Waals surface area contributed by atoms with E-state index in [0.717, 1.165) is 21.0 Å². The van der Waals surface area contributed by atoms with E-state index in [1.807, 2.05) is 6.07 Å². The number of carbonyl (C=O) groups is 1. The normalized spacial score (nSPS) is 21.7. The summed E-state index contributed by atoms with van der Waals surface area (Å²) in [6, 6.07) is 11.7. The molecule has 0 spiro atoms. The summed E-state index contributed by atoms with van der Waals surface area (Å²) < 4.78 is 62.8. The molecule has 1 aliphatic heterocycles. The quantitative estimate of drug-likeness (QED) is 0.402. The van der Waals surface area contributed by atoms with Crippen molar-refractivity contribution in [3.63, 3.8) is 0 Å². The number of rotatable bonds is 6. The second-order valence-electron chi connectivity index (χ2n) is 10.4. The number of alkyl halides is 3. The zero-order valence-corrected chi connectivity index (χ0v) is 23.4. The molecule has 1 aromatic heterocycles. The van der Waals surface area contributed by atoms with Crippen molar-refractivity contribution in [2.75, 3.05) is 11.1 Å². The van der Waals surface area contributed by atoms with E-state index in [4.69, 9.17) is 0 Å². The fourth-order valence-electron chi connectivity index (χ4n) is 5.16. The van der Waals surface area contributed by atoms with Crippen LogP contribution in [-0.2, 0) is 27.6 Å². The van der Waals surface area contributed by atoms with Crippen molar-refractivity contribution in [2.45, 2.75) is 76.5 Å². The Morgan fingerprint density at radius 2 is 1.82 bits per heavy atom. The van der Waals surface area contributed by atoms with E-state index >= 15 is 0 Å². The van der Waals surface area contributed by atoms with Gasteiger partial charge in [0.05, 0.1) is 40.6 Å². The van der Waals surface area contributed by atoms with Gasteiger partial charge in [-0.1, -0.05) is 38.8 Å². The van der Waals surface area contributed by atoms with Gasteiger partial charge in [-0.05, 0) is 60.9 Å². The second-order valence-corrected chi connectivity index (χ2v) is 13.8. The van der Waals surface area contributed by atoms with Gasteiger partial charge in [0.1, 0.15) is 0 Å². The minimum absolute atomic E-state index is 0.00829. The molecule has 10 heteroatoms. The molecule has 38 heavy (non-hydrogen) atoms. The van der Waals surface area contributed by atoms with Crippen LogP contribution in [0.1, 0.15) is 68.5 Å². The van der Waals surface area contributed by atoms with Crippen molar-refractivity contribution in [1.82, 2.24) is 4.90 Å². The maximum absolute atomic E-state index is 13.0. The van der Waals surface area contributed by atoms with Gasteiger partial charge in [-0.2, -0.15) is 13.2 Å². The van der Waals surface area contributed by atoms with E-state index in [0.29, 0.717) is 19.4 Å². The highest BCUT2D eigenvalue weighted by Crippen LogP contribution is 2.45. The third kappa shape index (κ3) is 6.55. The van der Waals surface area contributed by atoms with Crippen LogP contribution in [0, 0.1) is 29.7 Å². The van der Waals surface area contributed by atoms with Gasteiger partial charge in [-0.3, -0.25) is 4.79 Å². The van der Waals surface area contributed by atoms with Crippen LogP contribution in [0.15, 0.2) is 35.2 Å². The summed E-state index contributed by atoms with van der Waals surface area (Å²) >= 11 is 1.53. The first-order chi connectivity index (χ1) is 17.9. The van der Waals surface area contributed by atoms with Crippen LogP contribution < -0.4 is 5.32 Å². The van der Waals surface area contributed by atoms with Gasteiger partial charge in [0.2, 0.25) is 5.91 Å². The predicted octanol–water partition coefficient (Wildman–Crippen LogP) is 6.57. The molecule has 1 fully saturated rings. The molecule has 1 aliphatic carbocycles. The number of benzene rings is 1. The first kappa shape index (κ1) is 28.5. The SMILES string of the molecule is CCS(=O)(=O)c1ccc(CC(=O)Nc2cc3c(s2)C(C(C)C)N(C#CC2CCC(C(F)(F)F)CC2)C3)cc1. The Kier molecular flexibility index (Phi) is 8.48. The summed E-state index contributed by atoms with van der Waals surface area (Å²) in [6.07, 6.45) is -2.72. The molecule has 0 saturated heterocycles. The van der Waals surface area contributed by atoms with Gasteiger partial charge in [-0.15, -0.1) is 11.3 Å². The molecule has 5 nitrogen and oxygen atoms in total. The fraction of sp³-hybridized carbons (Fsp3) is 0.536. The lowest BCUT2D eigenvalue weighted by Crippen LogP contribution is -2.27. The van der Waals surface area contributed by atoms with Crippen LogP contribution in [0.5, 0.6) is 0 Å². The number of sulfone groups is 1. The molecule has 206 valence electrons. The Balaban J connectivity index is 1.37. The molecule has 4 rings (SSSR count). The van der Waals surface area contributed by atoms with Crippen molar-refractivity contribution < 1.29 is 26.4 Å². The molecular weight excluding hydrogens is 533 g/mol. The van der Waals surface area contributed by atoms with Crippen LogP contribution in [0.4, 0.5) is 18.2 Å². The zero-order valence-electron chi connectivity index (χ0n) is 21.8. The lowest BCUT2D eigenvalue weighted by Gasteiger charge is -2.28. The Hall–Kier alpha value is -2.51. The first-order valence-electron chi connectivity index (χ1n) is 13.0. The number of hydrogen-bond acceptors (Lipinski definition) is 5. The lowest BCUT2D eigenvalue weighted by atomic mass is 9.82. The minimum Gasteiger partial charge on any atom is -0.320 e. The zero-order chi connectivity index (χ0) is 27.7. The van der Waals surface area contributed by atoms with Crippen LogP contribution in [0.2, 0.25) is 0 Å². The third-order valence-electron chi connectivity index (χ3n) is 7.31. The van der Waals surface area contributed by atoms with Crippen molar-refractivity contribution in [1.29, 1.82) is 0 Å². The smallest absolute Gasteiger partial charge is 0.320 e. The first-order valence-corrected chi connectivity index (χ1v) is 15.4. The van der Waals surface area contributed by atoms with E-state index in [1.165, 1.54) is 23.5 Å². The lowest BCUT2D eigenvalue weighted by molar-refractivity contribution is -0.183. The number of nitrogens with zero attached hydrogens (tertiary/aromatic N) is 1. The number of hydrogen-bond donors (Lipinski definition) is 1. The van der Waals surface area contributed by atoms with E-state index in [-0.39, 0.29) is 53.7 Å². The summed E-state index contributed by atoms with van der Waals surface area (Å²) in [5.74, 6) is 2.15. The largest absolute Gasteiger partial charge is 0.391 e. The van der Waals surface area contributed by atoms with E-state index in [1.54, 1.807) is 19.1 Å². The molecular formula is C28H33F3N2O3S2. The summed E-state index contributed by atoms with van der Waals surface area (Å²) in [5.41, 5.74) is 1.83. The summed E-state index contributed by atoms with van der Waals surface area (Å²) in [5, 5.41) is 3.72. The topological polar surface area (TPSA) is 66.5 Å². The number of thiophene rings is 1. The number of carbonyl (C=O) groups excluding carboxylic acids is 1. The van der Waals surface area contributed by atoms with Crippen molar-refractivity contribution in [3.8, 4) is 12.0 Å². The average Bonchev–Trinajstić information content (AvgIpc) is 3.39. The van der Waals surface area contributed by atoms with Gasteiger partial charge in [-0.25, -0.2) is 8.42 Å². The Morgan fingerprint density at radius 3 is 2.39 bits per heavy atom. The minimum atomic E-state index is -4.11. The Labute approximate surface area is 226 Å². The van der Waals surface area contributed by atoms with Crippen LogP contribution in [0.3, 0.4) is 0 Å². The second kappa shape index (κ2) is 11.3. The highest BCUT2D eigenvalue weighted by atomic mass is 32.2. The van der Waals surface area contributed by atoms with Gasteiger partial charge in [0, 0.05) is 16.8 Å². The molecule has 1 amide bonds. The molecule has 1 saturated carbocycles. The van der Waals surface area contributed by atoms with Gasteiger partial charge in [0.15, 0.2) is 9.84 Å². The standard InChI is InChI=1S/C28H33F3N2O3S2/c1-4-38(35,36)23-11-7-20(8-12-23)15-24(34)32-25-16-21-17-33(26(18(2)3)27(21)37-25)14-13-19-5-9-22(10-6-19)28(29,30)31/h7-8,11-12,16,18-19,22,26H,4-6,9-10,15,17H2,1-3H3,(H,32,34). The highest BCUT2D eigenvalue weighted by Gasteiger charge is 2.41. The number of amides is 1. The molecule has 1 aromatic carbocycles. The van der Waals surface area contributed by atoms with Crippen LogP contribution >= 0.6 is 11.3 Å². The molecule has 2 aliphatic rings. The maximum Gasteiger partial charge on any atom is 0.391 e.